The number of hydrogen-bond donors (Lipinski definition) is 2. The van der Waals surface area contributed by atoms with Crippen molar-refractivity contribution in [3.8, 4) is 5.75 Å². The summed E-state index contributed by atoms with van der Waals surface area (Å²) in [5.74, 6) is 1.39. The van der Waals surface area contributed by atoms with E-state index in [9.17, 15) is 13.2 Å². The fraction of sp³-hybridized carbons (Fsp3) is 0.440. The maximum Gasteiger partial charge on any atom is 0.416 e. The lowest BCUT2D eigenvalue weighted by Gasteiger charge is -2.19. The molecule has 2 aromatic rings. The largest absolute Gasteiger partial charge is 0.488 e. The van der Waals surface area contributed by atoms with Crippen LogP contribution in [-0.2, 0) is 22.4 Å². The summed E-state index contributed by atoms with van der Waals surface area (Å²) >= 11 is 0. The lowest BCUT2D eigenvalue weighted by molar-refractivity contribution is -0.137. The average molecular weight is 480 g/mol. The van der Waals surface area contributed by atoms with Crippen LogP contribution in [0.3, 0.4) is 0 Å². The van der Waals surface area contributed by atoms with Gasteiger partial charge in [-0.1, -0.05) is 17.3 Å². The van der Waals surface area contributed by atoms with Crippen molar-refractivity contribution in [1.29, 1.82) is 5.41 Å². The highest BCUT2D eigenvalue weighted by atomic mass is 19.4. The van der Waals surface area contributed by atoms with Crippen LogP contribution in [0, 0.1) is 11.3 Å². The number of rotatable bonds is 8. The van der Waals surface area contributed by atoms with E-state index in [0.717, 1.165) is 56.2 Å². The molecule has 1 aliphatic heterocycles. The van der Waals surface area contributed by atoms with E-state index in [4.69, 9.17) is 25.5 Å². The van der Waals surface area contributed by atoms with Gasteiger partial charge in [0, 0.05) is 18.9 Å². The number of nitrogens with zero attached hydrogens (tertiary/aromatic N) is 1. The van der Waals surface area contributed by atoms with Crippen molar-refractivity contribution in [2.24, 2.45) is 16.8 Å². The van der Waals surface area contributed by atoms with Crippen molar-refractivity contribution in [3.63, 3.8) is 0 Å². The van der Waals surface area contributed by atoms with E-state index in [2.05, 4.69) is 5.16 Å². The SMILES string of the molecule is CC(=N)COc1ccc(/C(C)=N/OCc2ccc(C(F)(F)F)cc2)cc1.NCC1CCOCC1. The zero-order valence-corrected chi connectivity index (χ0v) is 19.5. The molecule has 0 atom stereocenters. The monoisotopic (exact) mass is 479 g/mol. The Morgan fingerprint density at radius 2 is 1.68 bits per heavy atom. The van der Waals surface area contributed by atoms with Gasteiger partial charge in [-0.15, -0.1) is 0 Å². The molecule has 0 bridgehead atoms. The molecule has 9 heteroatoms. The smallest absolute Gasteiger partial charge is 0.416 e. The highest BCUT2D eigenvalue weighted by Gasteiger charge is 2.29. The quantitative estimate of drug-likeness (QED) is 0.390. The standard InChI is InChI=1S/C19H19F3N2O2.C6H13NO/c1-13(23)11-25-18-9-5-16(6-10-18)14(2)24-26-12-15-3-7-17(8-4-15)19(20,21)22;7-5-6-1-3-8-4-2-6/h3-10,23H,11-12H2,1-2H3;6H,1-5,7H2/b23-13?,24-14+;. The van der Waals surface area contributed by atoms with Gasteiger partial charge in [-0.2, -0.15) is 13.2 Å². The lowest BCUT2D eigenvalue weighted by atomic mass is 10.0. The Labute approximate surface area is 198 Å². The predicted octanol–water partition coefficient (Wildman–Crippen LogP) is 5.44. The highest BCUT2D eigenvalue weighted by molar-refractivity contribution is 5.98. The topological polar surface area (TPSA) is 89.9 Å². The maximum absolute atomic E-state index is 12.5. The molecule has 1 heterocycles. The maximum atomic E-state index is 12.5. The van der Waals surface area contributed by atoms with Gasteiger partial charge in [0.1, 0.15) is 19.0 Å². The van der Waals surface area contributed by atoms with Crippen LogP contribution >= 0.6 is 0 Å². The van der Waals surface area contributed by atoms with Crippen molar-refractivity contribution >= 4 is 11.4 Å². The molecule has 186 valence electrons. The molecular formula is C25H32F3N3O3. The summed E-state index contributed by atoms with van der Waals surface area (Å²) in [6.07, 6.45) is -2.02. The van der Waals surface area contributed by atoms with Gasteiger partial charge in [0.25, 0.3) is 0 Å². The third-order valence-electron chi connectivity index (χ3n) is 5.12. The lowest BCUT2D eigenvalue weighted by Crippen LogP contribution is -2.22. The van der Waals surface area contributed by atoms with Crippen LogP contribution in [0.4, 0.5) is 13.2 Å². The molecule has 3 N–H and O–H groups in total. The van der Waals surface area contributed by atoms with E-state index in [0.29, 0.717) is 22.7 Å². The normalized spacial score (nSPS) is 14.7. The van der Waals surface area contributed by atoms with Gasteiger partial charge in [-0.3, -0.25) is 0 Å². The summed E-state index contributed by atoms with van der Waals surface area (Å²) in [6, 6.07) is 11.9. The first-order valence-electron chi connectivity index (χ1n) is 11.1. The number of benzene rings is 2. The van der Waals surface area contributed by atoms with Crippen LogP contribution in [0.1, 0.15) is 43.4 Å². The van der Waals surface area contributed by atoms with Gasteiger partial charge in [-0.05, 0) is 86.7 Å². The highest BCUT2D eigenvalue weighted by Crippen LogP contribution is 2.29. The van der Waals surface area contributed by atoms with Gasteiger partial charge in [0.2, 0.25) is 0 Å². The molecule has 1 fully saturated rings. The average Bonchev–Trinajstić information content (AvgIpc) is 2.83. The van der Waals surface area contributed by atoms with Crippen molar-refractivity contribution in [2.75, 3.05) is 26.4 Å². The zero-order valence-electron chi connectivity index (χ0n) is 19.5. The van der Waals surface area contributed by atoms with E-state index in [1.165, 1.54) is 12.1 Å². The van der Waals surface area contributed by atoms with Gasteiger partial charge in [0.05, 0.1) is 11.3 Å². The Morgan fingerprint density at radius 1 is 1.06 bits per heavy atom. The van der Waals surface area contributed by atoms with Crippen LogP contribution in [0.2, 0.25) is 0 Å². The molecule has 6 nitrogen and oxygen atoms in total. The number of hydrogen-bond acceptors (Lipinski definition) is 6. The number of oxime groups is 1. The minimum atomic E-state index is -4.35. The minimum Gasteiger partial charge on any atom is -0.488 e. The second-order valence-electron chi connectivity index (χ2n) is 8.03. The molecule has 0 aliphatic carbocycles. The molecule has 0 amide bonds. The first kappa shape index (κ1) is 27.3. The number of ether oxygens (including phenoxy) is 2. The van der Waals surface area contributed by atoms with Gasteiger partial charge >= 0.3 is 6.18 Å². The fourth-order valence-electron chi connectivity index (χ4n) is 3.01. The number of alkyl halides is 3. The van der Waals surface area contributed by atoms with Gasteiger partial charge in [-0.25, -0.2) is 0 Å². The first-order chi connectivity index (χ1) is 16.2. The summed E-state index contributed by atoms with van der Waals surface area (Å²) in [6.45, 7) is 6.43. The van der Waals surface area contributed by atoms with E-state index in [-0.39, 0.29) is 13.2 Å². The molecule has 34 heavy (non-hydrogen) atoms. The van der Waals surface area contributed by atoms with Crippen LogP contribution in [0.25, 0.3) is 0 Å². The summed E-state index contributed by atoms with van der Waals surface area (Å²) in [7, 11) is 0. The molecule has 1 aliphatic rings. The third kappa shape index (κ3) is 9.93. The van der Waals surface area contributed by atoms with E-state index in [1.807, 2.05) is 12.1 Å². The zero-order chi connectivity index (χ0) is 25.0. The number of nitrogens with one attached hydrogen (secondary N) is 1. The third-order valence-corrected chi connectivity index (χ3v) is 5.12. The summed E-state index contributed by atoms with van der Waals surface area (Å²) in [5, 5.41) is 11.3. The second kappa shape index (κ2) is 13.7. The fourth-order valence-corrected chi connectivity index (χ4v) is 3.01. The predicted molar refractivity (Wildman–Crippen MR) is 126 cm³/mol. The summed E-state index contributed by atoms with van der Waals surface area (Å²) in [4.78, 5) is 5.22. The molecule has 0 spiro atoms. The van der Waals surface area contributed by atoms with Crippen molar-refractivity contribution in [3.05, 3.63) is 65.2 Å². The van der Waals surface area contributed by atoms with Crippen molar-refractivity contribution < 1.29 is 27.5 Å². The van der Waals surface area contributed by atoms with Crippen LogP contribution < -0.4 is 10.5 Å². The van der Waals surface area contributed by atoms with Crippen LogP contribution in [0.15, 0.2) is 53.7 Å². The Hall–Kier alpha value is -2.91. The Balaban J connectivity index is 0.000000430. The second-order valence-corrected chi connectivity index (χ2v) is 8.03. The Morgan fingerprint density at radius 3 is 2.18 bits per heavy atom. The Bertz CT molecular complexity index is 908. The van der Waals surface area contributed by atoms with Crippen LogP contribution in [0.5, 0.6) is 5.75 Å². The van der Waals surface area contributed by atoms with E-state index >= 15 is 0 Å². The van der Waals surface area contributed by atoms with Gasteiger partial charge < -0.3 is 25.5 Å². The molecule has 0 radical (unpaired) electrons. The number of nitrogens with two attached hydrogens (primary N) is 1. The summed E-state index contributed by atoms with van der Waals surface area (Å²) < 4.78 is 48.1. The van der Waals surface area contributed by atoms with Crippen molar-refractivity contribution in [2.45, 2.75) is 39.5 Å². The molecule has 2 aromatic carbocycles. The van der Waals surface area contributed by atoms with E-state index < -0.39 is 11.7 Å². The van der Waals surface area contributed by atoms with Crippen molar-refractivity contribution in [1.82, 2.24) is 0 Å². The van der Waals surface area contributed by atoms with Gasteiger partial charge in [0.15, 0.2) is 0 Å². The minimum absolute atomic E-state index is 0.0787. The molecule has 0 saturated carbocycles. The van der Waals surface area contributed by atoms with Crippen LogP contribution in [-0.4, -0.2) is 37.8 Å². The Kier molecular flexibility index (Phi) is 11.0. The molecule has 3 rings (SSSR count). The molecule has 0 aromatic heterocycles. The first-order valence-corrected chi connectivity index (χ1v) is 11.1. The van der Waals surface area contributed by atoms with E-state index in [1.54, 1.807) is 26.0 Å². The number of halogens is 3. The summed E-state index contributed by atoms with van der Waals surface area (Å²) in [5.41, 5.74) is 7.25. The molecule has 0 unspecified atom stereocenters. The molecule has 1 saturated heterocycles. The molecular weight excluding hydrogens is 447 g/mol.